The van der Waals surface area contributed by atoms with Crippen LogP contribution in [0, 0.1) is 5.92 Å². The van der Waals surface area contributed by atoms with Crippen molar-refractivity contribution in [1.82, 2.24) is 10.2 Å². The Balaban J connectivity index is 1.69. The molecule has 20 heavy (non-hydrogen) atoms. The molecule has 3 nitrogen and oxygen atoms in total. The van der Waals surface area contributed by atoms with E-state index in [1.807, 2.05) is 6.07 Å². The summed E-state index contributed by atoms with van der Waals surface area (Å²) >= 11 is 11.9. The molecule has 1 fully saturated rings. The molecule has 0 amide bonds. The van der Waals surface area contributed by atoms with E-state index in [4.69, 9.17) is 27.9 Å². The highest BCUT2D eigenvalue weighted by molar-refractivity contribution is 6.35. The van der Waals surface area contributed by atoms with E-state index >= 15 is 0 Å². The second-order valence-electron chi connectivity index (χ2n) is 5.40. The second-order valence-corrected chi connectivity index (χ2v) is 6.24. The summed E-state index contributed by atoms with van der Waals surface area (Å²) in [4.78, 5) is 2.32. The molecule has 1 N–H and O–H groups in total. The highest BCUT2D eigenvalue weighted by Gasteiger charge is 2.14. The van der Waals surface area contributed by atoms with Gasteiger partial charge in [0.1, 0.15) is 12.4 Å². The molecule has 1 heterocycles. The van der Waals surface area contributed by atoms with Crippen LogP contribution in [0.25, 0.3) is 0 Å². The van der Waals surface area contributed by atoms with Crippen LogP contribution in [0.4, 0.5) is 0 Å². The average Bonchev–Trinajstić information content (AvgIpc) is 2.42. The number of hydrogen-bond donors (Lipinski definition) is 1. The van der Waals surface area contributed by atoms with Gasteiger partial charge in [-0.1, -0.05) is 23.2 Å². The van der Waals surface area contributed by atoms with Crippen LogP contribution < -0.4 is 10.1 Å². The van der Waals surface area contributed by atoms with Crippen LogP contribution in [0.5, 0.6) is 5.75 Å². The maximum Gasteiger partial charge on any atom is 0.138 e. The van der Waals surface area contributed by atoms with Crippen molar-refractivity contribution >= 4 is 23.2 Å². The summed E-state index contributed by atoms with van der Waals surface area (Å²) in [5, 5.41) is 4.64. The Kier molecular flexibility index (Phi) is 6.43. The molecule has 1 aromatic carbocycles. The van der Waals surface area contributed by atoms with Gasteiger partial charge in [-0.3, -0.25) is 0 Å². The Morgan fingerprint density at radius 3 is 2.95 bits per heavy atom. The predicted molar refractivity (Wildman–Crippen MR) is 85.0 cm³/mol. The first-order chi connectivity index (χ1) is 9.65. The number of piperidine rings is 1. The van der Waals surface area contributed by atoms with E-state index in [1.165, 1.54) is 19.4 Å². The van der Waals surface area contributed by atoms with Gasteiger partial charge in [-0.25, -0.2) is 0 Å². The van der Waals surface area contributed by atoms with Crippen molar-refractivity contribution in [1.29, 1.82) is 0 Å². The zero-order valence-corrected chi connectivity index (χ0v) is 13.4. The van der Waals surface area contributed by atoms with Gasteiger partial charge < -0.3 is 15.0 Å². The van der Waals surface area contributed by atoms with Gasteiger partial charge in [0, 0.05) is 18.1 Å². The van der Waals surface area contributed by atoms with Crippen molar-refractivity contribution < 1.29 is 4.74 Å². The molecule has 0 spiro atoms. The fourth-order valence-corrected chi connectivity index (χ4v) is 2.98. The van der Waals surface area contributed by atoms with Gasteiger partial charge in [-0.05, 0) is 57.1 Å². The quantitative estimate of drug-likeness (QED) is 0.871. The van der Waals surface area contributed by atoms with Gasteiger partial charge in [0.2, 0.25) is 0 Å². The minimum Gasteiger partial charge on any atom is -0.491 e. The van der Waals surface area contributed by atoms with Crippen LogP contribution >= 0.6 is 23.2 Å². The Labute approximate surface area is 131 Å². The summed E-state index contributed by atoms with van der Waals surface area (Å²) in [5.41, 5.74) is 0. The molecule has 1 aromatic rings. The van der Waals surface area contributed by atoms with E-state index in [0.29, 0.717) is 22.4 Å². The maximum atomic E-state index is 6.07. The van der Waals surface area contributed by atoms with E-state index in [1.54, 1.807) is 12.1 Å². The standard InChI is InChI=1S/C15H22Cl2N2O/c1-19(11-12-3-2-6-18-10-12)7-8-20-15-5-4-13(16)9-14(15)17/h4-5,9,12,18H,2-3,6-8,10-11H2,1H3. The Hall–Kier alpha value is -0.480. The van der Waals surface area contributed by atoms with Crippen molar-refractivity contribution in [3.63, 3.8) is 0 Å². The summed E-state index contributed by atoms with van der Waals surface area (Å²) in [7, 11) is 2.14. The lowest BCUT2D eigenvalue weighted by atomic mass is 9.99. The molecule has 0 radical (unpaired) electrons. The lowest BCUT2D eigenvalue weighted by Crippen LogP contribution is -2.38. The zero-order valence-electron chi connectivity index (χ0n) is 11.9. The fourth-order valence-electron chi connectivity index (χ4n) is 2.52. The van der Waals surface area contributed by atoms with Crippen molar-refractivity contribution in [3.8, 4) is 5.75 Å². The molecule has 0 saturated carbocycles. The van der Waals surface area contributed by atoms with Crippen molar-refractivity contribution in [2.75, 3.05) is 39.8 Å². The van der Waals surface area contributed by atoms with Crippen molar-refractivity contribution in [2.24, 2.45) is 5.92 Å². The summed E-state index contributed by atoms with van der Waals surface area (Å²) in [6, 6.07) is 5.31. The molecule has 1 saturated heterocycles. The smallest absolute Gasteiger partial charge is 0.138 e. The van der Waals surface area contributed by atoms with E-state index in [9.17, 15) is 0 Å². The largest absolute Gasteiger partial charge is 0.491 e. The first kappa shape index (κ1) is 15.9. The van der Waals surface area contributed by atoms with E-state index in [-0.39, 0.29) is 0 Å². The van der Waals surface area contributed by atoms with Crippen LogP contribution in [0.3, 0.4) is 0 Å². The summed E-state index contributed by atoms with van der Waals surface area (Å²) < 4.78 is 5.70. The molecular weight excluding hydrogens is 295 g/mol. The Bertz CT molecular complexity index is 422. The van der Waals surface area contributed by atoms with Crippen LogP contribution in [0.2, 0.25) is 10.0 Å². The third kappa shape index (κ3) is 5.13. The van der Waals surface area contributed by atoms with E-state index in [0.717, 1.165) is 25.6 Å². The minimum atomic E-state index is 0.566. The molecule has 0 aliphatic carbocycles. The normalized spacial score (nSPS) is 19.3. The number of benzene rings is 1. The van der Waals surface area contributed by atoms with Crippen LogP contribution in [0.15, 0.2) is 18.2 Å². The highest BCUT2D eigenvalue weighted by Crippen LogP contribution is 2.27. The van der Waals surface area contributed by atoms with Crippen molar-refractivity contribution in [3.05, 3.63) is 28.2 Å². The molecule has 1 aliphatic rings. The maximum absolute atomic E-state index is 6.07. The number of likely N-dealkylation sites (N-methyl/N-ethyl adjacent to an activating group) is 1. The molecule has 1 aliphatic heterocycles. The zero-order chi connectivity index (χ0) is 14.4. The molecule has 5 heteroatoms. The second kappa shape index (κ2) is 8.08. The van der Waals surface area contributed by atoms with Gasteiger partial charge >= 0.3 is 0 Å². The van der Waals surface area contributed by atoms with Crippen LogP contribution in [0.1, 0.15) is 12.8 Å². The van der Waals surface area contributed by atoms with Crippen molar-refractivity contribution in [2.45, 2.75) is 12.8 Å². The topological polar surface area (TPSA) is 24.5 Å². The Morgan fingerprint density at radius 2 is 2.25 bits per heavy atom. The minimum absolute atomic E-state index is 0.566. The SMILES string of the molecule is CN(CCOc1ccc(Cl)cc1Cl)CC1CCCNC1. The molecule has 112 valence electrons. The number of hydrogen-bond acceptors (Lipinski definition) is 3. The predicted octanol–water partition coefficient (Wildman–Crippen LogP) is 3.30. The third-order valence-corrected chi connectivity index (χ3v) is 4.12. The summed E-state index contributed by atoms with van der Waals surface area (Å²) in [5.74, 6) is 1.46. The number of nitrogens with zero attached hydrogens (tertiary/aromatic N) is 1. The average molecular weight is 317 g/mol. The number of nitrogens with one attached hydrogen (secondary N) is 1. The summed E-state index contributed by atoms with van der Waals surface area (Å²) in [6.07, 6.45) is 2.61. The van der Waals surface area contributed by atoms with Gasteiger partial charge in [0.05, 0.1) is 5.02 Å². The monoisotopic (exact) mass is 316 g/mol. The van der Waals surface area contributed by atoms with E-state index < -0.39 is 0 Å². The summed E-state index contributed by atoms with van der Waals surface area (Å²) in [6.45, 7) is 4.95. The molecule has 0 aromatic heterocycles. The lowest BCUT2D eigenvalue weighted by molar-refractivity contribution is 0.201. The van der Waals surface area contributed by atoms with Gasteiger partial charge in [0.15, 0.2) is 0 Å². The van der Waals surface area contributed by atoms with Gasteiger partial charge in [0.25, 0.3) is 0 Å². The first-order valence-electron chi connectivity index (χ1n) is 7.12. The van der Waals surface area contributed by atoms with E-state index in [2.05, 4.69) is 17.3 Å². The molecule has 2 rings (SSSR count). The molecule has 1 atom stereocenters. The lowest BCUT2D eigenvalue weighted by Gasteiger charge is -2.27. The third-order valence-electron chi connectivity index (χ3n) is 3.59. The highest BCUT2D eigenvalue weighted by atomic mass is 35.5. The number of halogens is 2. The van der Waals surface area contributed by atoms with Gasteiger partial charge in [-0.2, -0.15) is 0 Å². The molecule has 0 bridgehead atoms. The Morgan fingerprint density at radius 1 is 1.40 bits per heavy atom. The first-order valence-corrected chi connectivity index (χ1v) is 7.88. The van der Waals surface area contributed by atoms with Crippen LogP contribution in [-0.4, -0.2) is 44.7 Å². The van der Waals surface area contributed by atoms with Crippen LogP contribution in [-0.2, 0) is 0 Å². The number of ether oxygens (including phenoxy) is 1. The molecular formula is C15H22Cl2N2O. The van der Waals surface area contributed by atoms with Gasteiger partial charge in [-0.15, -0.1) is 0 Å². The molecule has 1 unspecified atom stereocenters. The number of rotatable bonds is 6. The fraction of sp³-hybridized carbons (Fsp3) is 0.600.